The smallest absolute Gasteiger partial charge is 0.340 e. The quantitative estimate of drug-likeness (QED) is 0.786. The highest BCUT2D eigenvalue weighted by Gasteiger charge is 2.13. The Morgan fingerprint density at radius 2 is 2.14 bits per heavy atom. The molecule has 3 N–H and O–H groups in total. The Kier molecular flexibility index (Phi) is 1.88. The van der Waals surface area contributed by atoms with E-state index in [2.05, 4.69) is 25.9 Å². The second-order valence-corrected chi connectivity index (χ2v) is 3.39. The maximum absolute atomic E-state index is 10.7. The Labute approximate surface area is 86.5 Å². The highest BCUT2D eigenvalue weighted by atomic mass is 79.9. The molecule has 0 radical (unpaired) electrons. The number of nitrogens with zero attached hydrogens (tertiary/aromatic N) is 3. The first-order valence-electron chi connectivity index (χ1n) is 3.62. The summed E-state index contributed by atoms with van der Waals surface area (Å²) in [6.45, 7) is 0. The summed E-state index contributed by atoms with van der Waals surface area (Å²) in [6, 6.07) is 0. The van der Waals surface area contributed by atoms with Crippen molar-refractivity contribution in [1.29, 1.82) is 0 Å². The average Bonchev–Trinajstić information content (AvgIpc) is 2.48. The minimum Gasteiger partial charge on any atom is -0.478 e. The summed E-state index contributed by atoms with van der Waals surface area (Å²) >= 11 is 3.19. The molecule has 0 spiro atoms. The summed E-state index contributed by atoms with van der Waals surface area (Å²) in [5, 5.41) is 8.78. The van der Waals surface area contributed by atoms with Crippen molar-refractivity contribution in [3.05, 3.63) is 22.6 Å². The molecular weight excluding hydrogens is 252 g/mol. The molecule has 0 aromatic carbocycles. The lowest BCUT2D eigenvalue weighted by molar-refractivity contribution is 0.0697. The molecule has 2 heterocycles. The second-order valence-electron chi connectivity index (χ2n) is 2.58. The van der Waals surface area contributed by atoms with Crippen LogP contribution in [0.4, 0.5) is 5.82 Å². The van der Waals surface area contributed by atoms with Crippen LogP contribution in [0, 0.1) is 0 Å². The second kappa shape index (κ2) is 2.95. The Morgan fingerprint density at radius 3 is 2.79 bits per heavy atom. The fraction of sp³-hybridized carbons (Fsp3) is 0. The Bertz CT molecular complexity index is 522. The van der Waals surface area contributed by atoms with Gasteiger partial charge < -0.3 is 10.8 Å². The number of nitrogens with two attached hydrogens (primary N) is 1. The maximum Gasteiger partial charge on any atom is 0.340 e. The topological polar surface area (TPSA) is 93.5 Å². The summed E-state index contributed by atoms with van der Waals surface area (Å²) < 4.78 is 1.99. The van der Waals surface area contributed by atoms with Gasteiger partial charge >= 0.3 is 5.97 Å². The first-order valence-corrected chi connectivity index (χ1v) is 4.41. The summed E-state index contributed by atoms with van der Waals surface area (Å²) in [5.41, 5.74) is 5.59. The monoisotopic (exact) mass is 256 g/mol. The van der Waals surface area contributed by atoms with Gasteiger partial charge in [0.15, 0.2) is 0 Å². The van der Waals surface area contributed by atoms with Crippen LogP contribution in [0.15, 0.2) is 17.0 Å². The fourth-order valence-electron chi connectivity index (χ4n) is 1.11. The number of anilines is 1. The van der Waals surface area contributed by atoms with E-state index in [-0.39, 0.29) is 11.4 Å². The van der Waals surface area contributed by atoms with E-state index in [9.17, 15) is 4.79 Å². The number of hydrogen-bond donors (Lipinski definition) is 2. The van der Waals surface area contributed by atoms with Crippen molar-refractivity contribution in [3.8, 4) is 0 Å². The molecule has 0 unspecified atom stereocenters. The predicted octanol–water partition coefficient (Wildman–Crippen LogP) is 0.772. The summed E-state index contributed by atoms with van der Waals surface area (Å²) in [4.78, 5) is 18.5. The predicted molar refractivity (Wildman–Crippen MR) is 52.1 cm³/mol. The van der Waals surface area contributed by atoms with E-state index in [0.717, 1.165) is 0 Å². The van der Waals surface area contributed by atoms with E-state index in [4.69, 9.17) is 10.8 Å². The zero-order valence-corrected chi connectivity index (χ0v) is 8.39. The van der Waals surface area contributed by atoms with Crippen molar-refractivity contribution in [2.45, 2.75) is 0 Å². The van der Waals surface area contributed by atoms with Crippen molar-refractivity contribution in [3.63, 3.8) is 0 Å². The number of aromatic nitrogens is 3. The molecule has 2 aromatic rings. The molecular formula is C7H5BrN4O2. The van der Waals surface area contributed by atoms with Gasteiger partial charge in [0, 0.05) is 6.20 Å². The highest BCUT2D eigenvalue weighted by molar-refractivity contribution is 9.10. The lowest BCUT2D eigenvalue weighted by atomic mass is 10.3. The van der Waals surface area contributed by atoms with E-state index < -0.39 is 5.97 Å². The number of carboxylic acid groups (broad SMARTS) is 1. The summed E-state index contributed by atoms with van der Waals surface area (Å²) in [5.74, 6) is -0.649. The molecule has 0 aliphatic rings. The Balaban J connectivity index is 2.86. The molecule has 72 valence electrons. The fourth-order valence-corrected chi connectivity index (χ4v) is 1.56. The van der Waals surface area contributed by atoms with Crippen LogP contribution in [0.3, 0.4) is 0 Å². The number of hydrogen-bond acceptors (Lipinski definition) is 4. The van der Waals surface area contributed by atoms with Crippen LogP contribution in [0.2, 0.25) is 0 Å². The van der Waals surface area contributed by atoms with Gasteiger partial charge in [-0.3, -0.25) is 4.40 Å². The lowest BCUT2D eigenvalue weighted by Crippen LogP contribution is -2.08. The molecule has 0 bridgehead atoms. The number of aromatic carboxylic acids is 1. The van der Waals surface area contributed by atoms with E-state index in [0.29, 0.717) is 10.4 Å². The van der Waals surface area contributed by atoms with Crippen molar-refractivity contribution in [2.75, 3.05) is 5.73 Å². The van der Waals surface area contributed by atoms with Gasteiger partial charge in [0.2, 0.25) is 5.78 Å². The van der Waals surface area contributed by atoms with E-state index in [1.165, 1.54) is 16.8 Å². The third-order valence-electron chi connectivity index (χ3n) is 1.76. The molecule has 0 amide bonds. The molecule has 2 aromatic heterocycles. The molecule has 0 aliphatic heterocycles. The van der Waals surface area contributed by atoms with E-state index >= 15 is 0 Å². The minimum absolute atomic E-state index is 0.0452. The first-order chi connectivity index (χ1) is 6.61. The van der Waals surface area contributed by atoms with Crippen LogP contribution in [-0.2, 0) is 0 Å². The van der Waals surface area contributed by atoms with Crippen LogP contribution in [0.5, 0.6) is 0 Å². The van der Waals surface area contributed by atoms with E-state index in [1.54, 1.807) is 0 Å². The van der Waals surface area contributed by atoms with Crippen molar-refractivity contribution >= 4 is 33.5 Å². The molecule has 6 nitrogen and oxygen atoms in total. The van der Waals surface area contributed by atoms with Gasteiger partial charge in [-0.2, -0.15) is 0 Å². The van der Waals surface area contributed by atoms with Gasteiger partial charge in [-0.1, -0.05) is 0 Å². The van der Waals surface area contributed by atoms with Crippen molar-refractivity contribution in [1.82, 2.24) is 14.4 Å². The third-order valence-corrected chi connectivity index (χ3v) is 2.32. The zero-order valence-electron chi connectivity index (χ0n) is 6.81. The maximum atomic E-state index is 10.7. The highest BCUT2D eigenvalue weighted by Crippen LogP contribution is 2.18. The largest absolute Gasteiger partial charge is 0.478 e. The molecule has 0 aliphatic carbocycles. The summed E-state index contributed by atoms with van der Waals surface area (Å²) in [6.07, 6.45) is 2.69. The third kappa shape index (κ3) is 1.13. The van der Waals surface area contributed by atoms with Gasteiger partial charge in [0.1, 0.15) is 16.0 Å². The van der Waals surface area contributed by atoms with Crippen molar-refractivity contribution in [2.24, 2.45) is 0 Å². The first kappa shape index (κ1) is 8.95. The minimum atomic E-state index is -1.11. The van der Waals surface area contributed by atoms with Crippen LogP contribution in [0.1, 0.15) is 10.4 Å². The number of halogens is 1. The number of carboxylic acids is 1. The normalized spacial score (nSPS) is 10.6. The molecule has 2 rings (SSSR count). The van der Waals surface area contributed by atoms with Gasteiger partial charge in [0.05, 0.1) is 6.20 Å². The number of fused-ring (bicyclic) bond motifs is 1. The average molecular weight is 257 g/mol. The molecule has 7 heteroatoms. The standard InChI is InChI=1S/C7H5BrN4O2/c8-4-2-11-7-10-1-3(6(13)14)5(9)12(4)7/h1-2H,9H2,(H,13,14). The van der Waals surface area contributed by atoms with Crippen LogP contribution in [0.25, 0.3) is 5.78 Å². The van der Waals surface area contributed by atoms with Crippen LogP contribution >= 0.6 is 15.9 Å². The molecule has 14 heavy (non-hydrogen) atoms. The zero-order chi connectivity index (χ0) is 10.3. The Hall–Kier alpha value is -1.63. The lowest BCUT2D eigenvalue weighted by Gasteiger charge is -2.03. The van der Waals surface area contributed by atoms with E-state index in [1.807, 2.05) is 0 Å². The number of nitrogen functional groups attached to an aromatic ring is 1. The number of rotatable bonds is 1. The molecule has 0 saturated heterocycles. The van der Waals surface area contributed by atoms with Gasteiger partial charge in [-0.25, -0.2) is 14.8 Å². The van der Waals surface area contributed by atoms with Gasteiger partial charge in [-0.05, 0) is 15.9 Å². The molecule has 0 fully saturated rings. The number of carbonyl (C=O) groups is 1. The summed E-state index contributed by atoms with van der Waals surface area (Å²) in [7, 11) is 0. The number of imidazole rings is 1. The van der Waals surface area contributed by atoms with Gasteiger partial charge in [-0.15, -0.1) is 0 Å². The van der Waals surface area contributed by atoms with Gasteiger partial charge in [0.25, 0.3) is 0 Å². The van der Waals surface area contributed by atoms with Crippen LogP contribution < -0.4 is 5.73 Å². The molecule has 0 atom stereocenters. The molecule has 0 saturated carbocycles. The van der Waals surface area contributed by atoms with Crippen molar-refractivity contribution < 1.29 is 9.90 Å². The Morgan fingerprint density at radius 1 is 1.50 bits per heavy atom. The van der Waals surface area contributed by atoms with Crippen LogP contribution in [-0.4, -0.2) is 25.4 Å². The SMILES string of the molecule is Nc1c(C(=O)O)cnc2ncc(Br)n12.